The van der Waals surface area contributed by atoms with E-state index in [1.807, 2.05) is 68.4 Å². The third kappa shape index (κ3) is 9.73. The van der Waals surface area contributed by atoms with Gasteiger partial charge in [-0.05, 0) is 67.5 Å². The van der Waals surface area contributed by atoms with Gasteiger partial charge in [-0.15, -0.1) is 0 Å². The molecular formula is C50H54FN9O7. The normalized spacial score (nSPS) is 18.5. The lowest BCUT2D eigenvalue weighted by Gasteiger charge is -2.30. The fourth-order valence-electron chi connectivity index (χ4n) is 9.35. The second-order valence-corrected chi connectivity index (χ2v) is 17.6. The highest BCUT2D eigenvalue weighted by Gasteiger charge is 2.39. The molecule has 4 N–H and O–H groups in total. The van der Waals surface area contributed by atoms with Crippen LogP contribution in [0.15, 0.2) is 91.3 Å². The number of likely N-dealkylation sites (tertiary alicyclic amines) is 2. The molecule has 4 atom stereocenters. The zero-order chi connectivity index (χ0) is 46.6. The van der Waals surface area contributed by atoms with Gasteiger partial charge in [0.1, 0.15) is 35.7 Å². The zero-order valence-electron chi connectivity index (χ0n) is 37.7. The first-order valence-corrected chi connectivity index (χ1v) is 22.9. The summed E-state index contributed by atoms with van der Waals surface area (Å²) in [6.07, 6.45) is 5.89. The number of imidazole rings is 2. The molecule has 17 heteroatoms. The number of halogens is 1. The summed E-state index contributed by atoms with van der Waals surface area (Å²) in [6, 6.07) is 21.4. The van der Waals surface area contributed by atoms with Crippen LogP contribution in [0.1, 0.15) is 87.7 Å². The van der Waals surface area contributed by atoms with Crippen molar-refractivity contribution in [3.05, 3.63) is 114 Å². The van der Waals surface area contributed by atoms with Crippen LogP contribution in [-0.2, 0) is 23.8 Å². The molecule has 3 aromatic heterocycles. The van der Waals surface area contributed by atoms with E-state index in [2.05, 4.69) is 30.6 Å². The van der Waals surface area contributed by atoms with E-state index in [9.17, 15) is 19.2 Å². The number of aromatic nitrogens is 5. The highest BCUT2D eigenvalue weighted by molar-refractivity contribution is 5.89. The van der Waals surface area contributed by atoms with E-state index < -0.39 is 36.1 Å². The van der Waals surface area contributed by atoms with Gasteiger partial charge in [0.05, 0.1) is 67.4 Å². The number of carbonyl (C=O) groups is 4. The molecule has 6 heterocycles. The molecule has 3 saturated heterocycles. The fourth-order valence-corrected chi connectivity index (χ4v) is 9.35. The monoisotopic (exact) mass is 911 g/mol. The minimum atomic E-state index is -0.972. The predicted molar refractivity (Wildman–Crippen MR) is 246 cm³/mol. The van der Waals surface area contributed by atoms with E-state index in [1.165, 1.54) is 13.2 Å². The summed E-state index contributed by atoms with van der Waals surface area (Å²) in [5.74, 6) is 0.156. The van der Waals surface area contributed by atoms with Crippen molar-refractivity contribution >= 4 is 34.9 Å². The first-order chi connectivity index (χ1) is 32.5. The first kappa shape index (κ1) is 45.0. The molecule has 67 heavy (non-hydrogen) atoms. The van der Waals surface area contributed by atoms with Crippen molar-refractivity contribution in [1.29, 1.82) is 0 Å². The number of H-pyrrole nitrogens is 2. The standard InChI is InChI=1S/C50H54FN9O7/c1-29(2)43(57-49(63)65-3)47(61)59-21-7-11-41(59)45-52-27-39(55-45)32-15-18-37-31(25-32)14-17-38(54-37)33-13-16-35(36(51)26-33)40-28-53-46(56-40)42-12-8-22-60(42)48(62)44(30-9-5-4-6-10-30)58-50(64)67-34-19-23-66-24-20-34/h4-6,9-10,13-18,25-29,34,41-44H,7-8,11-12,19-24H2,1-3H3,(H,52,55)(H,53,56)(H,57,63)(H,58,64). The van der Waals surface area contributed by atoms with Crippen LogP contribution < -0.4 is 10.6 Å². The number of nitrogens with zero attached hydrogens (tertiary/aromatic N) is 5. The molecule has 0 aliphatic carbocycles. The van der Waals surface area contributed by atoms with Crippen molar-refractivity contribution in [1.82, 2.24) is 45.4 Å². The molecule has 348 valence electrons. The minimum absolute atomic E-state index is 0.135. The van der Waals surface area contributed by atoms with E-state index in [4.69, 9.17) is 19.2 Å². The van der Waals surface area contributed by atoms with Crippen LogP contribution in [0.5, 0.6) is 0 Å². The summed E-state index contributed by atoms with van der Waals surface area (Å²) in [4.78, 5) is 77.4. The summed E-state index contributed by atoms with van der Waals surface area (Å²) in [5, 5.41) is 6.39. The summed E-state index contributed by atoms with van der Waals surface area (Å²) in [5.41, 5.74) is 5.04. The number of amides is 4. The molecule has 0 saturated carbocycles. The highest BCUT2D eigenvalue weighted by atomic mass is 19.1. The van der Waals surface area contributed by atoms with Crippen LogP contribution in [0.2, 0.25) is 0 Å². The van der Waals surface area contributed by atoms with Gasteiger partial charge in [-0.25, -0.2) is 28.9 Å². The largest absolute Gasteiger partial charge is 0.453 e. The second kappa shape index (κ2) is 19.8. The van der Waals surface area contributed by atoms with Crippen LogP contribution in [0.25, 0.3) is 44.7 Å². The van der Waals surface area contributed by atoms with Gasteiger partial charge in [-0.1, -0.05) is 62.4 Å². The number of ether oxygens (including phenoxy) is 3. The Morgan fingerprint density at radius 3 is 2.12 bits per heavy atom. The molecule has 0 radical (unpaired) electrons. The first-order valence-electron chi connectivity index (χ1n) is 22.9. The number of aromatic amines is 2. The Balaban J connectivity index is 0.874. The average molecular weight is 912 g/mol. The molecule has 3 fully saturated rings. The number of benzene rings is 3. The molecule has 0 bridgehead atoms. The van der Waals surface area contributed by atoms with E-state index in [1.54, 1.807) is 40.4 Å². The Kier molecular flexibility index (Phi) is 13.3. The number of hydrogen-bond acceptors (Lipinski definition) is 10. The van der Waals surface area contributed by atoms with Crippen LogP contribution in [0, 0.1) is 11.7 Å². The lowest BCUT2D eigenvalue weighted by atomic mass is 10.0. The number of methoxy groups -OCH3 is 1. The van der Waals surface area contributed by atoms with Gasteiger partial charge in [0, 0.05) is 48.0 Å². The maximum absolute atomic E-state index is 16.0. The minimum Gasteiger partial charge on any atom is -0.453 e. The Labute approximate surface area is 387 Å². The molecule has 4 unspecified atom stereocenters. The number of alkyl carbamates (subject to hydrolysis) is 2. The van der Waals surface area contributed by atoms with Crippen LogP contribution in [0.4, 0.5) is 14.0 Å². The molecule has 0 spiro atoms. The van der Waals surface area contributed by atoms with E-state index in [0.717, 1.165) is 41.4 Å². The van der Waals surface area contributed by atoms with Gasteiger partial charge in [0.15, 0.2) is 0 Å². The number of hydrogen-bond donors (Lipinski definition) is 4. The lowest BCUT2D eigenvalue weighted by Crippen LogP contribution is -2.51. The molecular weight excluding hydrogens is 858 g/mol. The van der Waals surface area contributed by atoms with Crippen molar-refractivity contribution in [3.63, 3.8) is 0 Å². The smallest absolute Gasteiger partial charge is 0.408 e. The second-order valence-electron chi connectivity index (χ2n) is 17.6. The number of pyridine rings is 1. The highest BCUT2D eigenvalue weighted by Crippen LogP contribution is 2.36. The quantitative estimate of drug-likeness (QED) is 0.0930. The molecule has 3 aliphatic heterocycles. The Bertz CT molecular complexity index is 2750. The third-order valence-corrected chi connectivity index (χ3v) is 12.9. The van der Waals surface area contributed by atoms with Crippen LogP contribution in [0.3, 0.4) is 0 Å². The van der Waals surface area contributed by atoms with Crippen LogP contribution >= 0.6 is 0 Å². The lowest BCUT2D eigenvalue weighted by molar-refractivity contribution is -0.136. The summed E-state index contributed by atoms with van der Waals surface area (Å²) in [7, 11) is 1.28. The Morgan fingerprint density at radius 2 is 1.43 bits per heavy atom. The topological polar surface area (TPSA) is 197 Å². The number of carbonyl (C=O) groups excluding carboxylic acids is 4. The average Bonchev–Trinajstić information content (AvgIpc) is 4.20. The predicted octanol–water partition coefficient (Wildman–Crippen LogP) is 8.18. The van der Waals surface area contributed by atoms with E-state index >= 15 is 4.39 Å². The fraction of sp³-hybridized carbons (Fsp3) is 0.380. The molecule has 9 rings (SSSR count). The van der Waals surface area contributed by atoms with Gasteiger partial charge < -0.3 is 44.6 Å². The van der Waals surface area contributed by atoms with E-state index in [0.29, 0.717) is 85.3 Å². The van der Waals surface area contributed by atoms with Gasteiger partial charge >= 0.3 is 12.2 Å². The molecule has 3 aromatic carbocycles. The van der Waals surface area contributed by atoms with Crippen LogP contribution in [-0.4, -0.2) is 104 Å². The summed E-state index contributed by atoms with van der Waals surface area (Å²) in [6.45, 7) is 5.83. The SMILES string of the molecule is COC(=O)NC(C(=O)N1CCCC1c1ncc(-c2ccc3nc(-c4ccc(-c5cnc(C6CCCN6C(=O)C(NC(=O)OC6CCOCC6)c6ccccc6)[nH]5)c(F)c4)ccc3c2)[nH]1)C(C)C. The van der Waals surface area contributed by atoms with Crippen molar-refractivity contribution < 1.29 is 37.8 Å². The van der Waals surface area contributed by atoms with E-state index in [-0.39, 0.29) is 29.9 Å². The number of rotatable bonds is 12. The van der Waals surface area contributed by atoms with Gasteiger partial charge in [-0.2, -0.15) is 0 Å². The maximum Gasteiger partial charge on any atom is 0.408 e. The van der Waals surface area contributed by atoms with Gasteiger partial charge in [0.2, 0.25) is 5.91 Å². The Hall–Kier alpha value is -7.14. The zero-order valence-corrected chi connectivity index (χ0v) is 37.7. The number of nitrogens with one attached hydrogen (secondary N) is 4. The molecule has 3 aliphatic rings. The van der Waals surface area contributed by atoms with Gasteiger partial charge in [0.25, 0.3) is 5.91 Å². The maximum atomic E-state index is 16.0. The van der Waals surface area contributed by atoms with Crippen molar-refractivity contribution in [2.24, 2.45) is 5.92 Å². The molecule has 6 aromatic rings. The van der Waals surface area contributed by atoms with Crippen molar-refractivity contribution in [2.45, 2.75) is 82.6 Å². The van der Waals surface area contributed by atoms with Gasteiger partial charge in [-0.3, -0.25) is 9.59 Å². The summed E-state index contributed by atoms with van der Waals surface area (Å²) < 4.78 is 31.8. The third-order valence-electron chi connectivity index (χ3n) is 12.9. The number of fused-ring (bicyclic) bond motifs is 1. The molecule has 4 amide bonds. The molecule has 16 nitrogen and oxygen atoms in total. The Morgan fingerprint density at radius 1 is 0.761 bits per heavy atom. The summed E-state index contributed by atoms with van der Waals surface area (Å²) >= 11 is 0. The van der Waals surface area contributed by atoms with Crippen molar-refractivity contribution in [3.8, 4) is 33.8 Å². The van der Waals surface area contributed by atoms with Crippen molar-refractivity contribution in [2.75, 3.05) is 33.4 Å².